The predicted molar refractivity (Wildman–Crippen MR) is 72.8 cm³/mol. The van der Waals surface area contributed by atoms with Crippen LogP contribution in [0.25, 0.3) is 0 Å². The minimum absolute atomic E-state index is 0.760. The maximum Gasteiger partial charge on any atom is -0.0256 e. The van der Waals surface area contributed by atoms with Gasteiger partial charge in [-0.2, -0.15) is 0 Å². The molecule has 0 bridgehead atoms. The molecule has 16 heavy (non-hydrogen) atoms. The second kappa shape index (κ2) is 7.49. The Kier molecular flexibility index (Phi) is 6.22. The van der Waals surface area contributed by atoms with Gasteiger partial charge < -0.3 is 0 Å². The lowest BCUT2D eigenvalue weighted by atomic mass is 9.99. The van der Waals surface area contributed by atoms with Crippen molar-refractivity contribution in [2.75, 3.05) is 0 Å². The van der Waals surface area contributed by atoms with E-state index < -0.39 is 0 Å². The summed E-state index contributed by atoms with van der Waals surface area (Å²) >= 11 is 0. The average Bonchev–Trinajstić information content (AvgIpc) is 2.24. The first-order valence-corrected chi connectivity index (χ1v) is 6.80. The van der Waals surface area contributed by atoms with Crippen LogP contribution in [-0.4, -0.2) is 0 Å². The van der Waals surface area contributed by atoms with Gasteiger partial charge in [0.1, 0.15) is 0 Å². The predicted octanol–water partition coefficient (Wildman–Crippen LogP) is 5.01. The minimum atomic E-state index is 0.760. The van der Waals surface area contributed by atoms with Gasteiger partial charge in [0.15, 0.2) is 0 Å². The molecule has 0 atom stereocenters. The molecule has 0 aliphatic carbocycles. The zero-order chi connectivity index (χ0) is 11.8. The highest BCUT2D eigenvalue weighted by molar-refractivity contribution is 5.23. The zero-order valence-electron chi connectivity index (χ0n) is 11.1. The number of aryl methyl sites for hydroxylation is 1. The molecule has 0 amide bonds. The number of rotatable bonds is 7. The van der Waals surface area contributed by atoms with Gasteiger partial charge in [0.25, 0.3) is 0 Å². The molecule has 1 aromatic carbocycles. The summed E-state index contributed by atoms with van der Waals surface area (Å²) in [6.45, 7) is 6.84. The van der Waals surface area contributed by atoms with Crippen molar-refractivity contribution in [2.45, 2.75) is 59.3 Å². The topological polar surface area (TPSA) is 0 Å². The second-order valence-electron chi connectivity index (χ2n) is 5.23. The first kappa shape index (κ1) is 13.3. The largest absolute Gasteiger partial charge is 0.0654 e. The van der Waals surface area contributed by atoms with Crippen molar-refractivity contribution in [1.82, 2.24) is 0 Å². The van der Waals surface area contributed by atoms with E-state index >= 15 is 0 Å². The minimum Gasteiger partial charge on any atom is -0.0654 e. The highest BCUT2D eigenvalue weighted by Gasteiger charge is 1.99. The van der Waals surface area contributed by atoms with Crippen LogP contribution < -0.4 is 0 Å². The van der Waals surface area contributed by atoms with Crippen molar-refractivity contribution < 1.29 is 0 Å². The van der Waals surface area contributed by atoms with Crippen molar-refractivity contribution >= 4 is 0 Å². The Bertz CT molecular complexity index is 286. The summed E-state index contributed by atoms with van der Waals surface area (Å²) in [7, 11) is 0. The molecule has 0 aliphatic rings. The van der Waals surface area contributed by atoms with E-state index in [1.54, 1.807) is 0 Å². The molecule has 0 heteroatoms. The van der Waals surface area contributed by atoms with E-state index in [1.165, 1.54) is 49.7 Å². The normalized spacial score (nSPS) is 11.0. The smallest absolute Gasteiger partial charge is 0.0256 e. The Balaban J connectivity index is 2.41. The molecular weight excluding hydrogens is 192 g/mol. The Morgan fingerprint density at radius 2 is 1.75 bits per heavy atom. The molecule has 1 aromatic rings. The van der Waals surface area contributed by atoms with Gasteiger partial charge in [-0.3, -0.25) is 0 Å². The maximum absolute atomic E-state index is 2.39. The third-order valence-corrected chi connectivity index (χ3v) is 2.95. The second-order valence-corrected chi connectivity index (χ2v) is 5.23. The Hall–Kier alpha value is -0.780. The van der Waals surface area contributed by atoms with E-state index in [9.17, 15) is 0 Å². The maximum atomic E-state index is 2.39. The van der Waals surface area contributed by atoms with Crippen LogP contribution in [0.2, 0.25) is 0 Å². The highest BCUT2D eigenvalue weighted by atomic mass is 14.0. The van der Waals surface area contributed by atoms with E-state index in [4.69, 9.17) is 0 Å². The summed E-state index contributed by atoms with van der Waals surface area (Å²) in [5.41, 5.74) is 3.03. The highest BCUT2D eigenvalue weighted by Crippen LogP contribution is 2.13. The molecule has 0 N–H and O–H groups in total. The molecule has 0 aromatic heterocycles. The van der Waals surface area contributed by atoms with Gasteiger partial charge in [0, 0.05) is 0 Å². The summed E-state index contributed by atoms with van der Waals surface area (Å²) < 4.78 is 0. The van der Waals surface area contributed by atoms with Gasteiger partial charge in [-0.1, -0.05) is 64.3 Å². The SMILES string of the molecule is CCCCCCc1cccc(CC(C)C)c1. The van der Waals surface area contributed by atoms with Crippen LogP contribution in [-0.2, 0) is 12.8 Å². The fourth-order valence-electron chi connectivity index (χ4n) is 2.14. The Labute approximate surface area is 101 Å². The summed E-state index contributed by atoms with van der Waals surface area (Å²) in [5.74, 6) is 0.760. The van der Waals surface area contributed by atoms with E-state index in [-0.39, 0.29) is 0 Å². The lowest BCUT2D eigenvalue weighted by Gasteiger charge is -2.07. The summed E-state index contributed by atoms with van der Waals surface area (Å²) in [4.78, 5) is 0. The van der Waals surface area contributed by atoms with Gasteiger partial charge in [-0.15, -0.1) is 0 Å². The molecule has 90 valence electrons. The van der Waals surface area contributed by atoms with Gasteiger partial charge in [-0.25, -0.2) is 0 Å². The van der Waals surface area contributed by atoms with Gasteiger partial charge in [0.05, 0.1) is 0 Å². The van der Waals surface area contributed by atoms with E-state index in [0.717, 1.165) is 5.92 Å². The molecule has 0 spiro atoms. The van der Waals surface area contributed by atoms with Crippen LogP contribution in [0.1, 0.15) is 57.6 Å². The Morgan fingerprint density at radius 3 is 2.44 bits per heavy atom. The fraction of sp³-hybridized carbons (Fsp3) is 0.625. The molecule has 0 nitrogen and oxygen atoms in total. The van der Waals surface area contributed by atoms with E-state index in [0.29, 0.717) is 0 Å². The molecule has 0 heterocycles. The van der Waals surface area contributed by atoms with Crippen LogP contribution in [0.3, 0.4) is 0 Å². The van der Waals surface area contributed by atoms with Crippen LogP contribution in [0.5, 0.6) is 0 Å². The van der Waals surface area contributed by atoms with Crippen molar-refractivity contribution in [3.05, 3.63) is 35.4 Å². The van der Waals surface area contributed by atoms with Crippen LogP contribution in [0.4, 0.5) is 0 Å². The summed E-state index contributed by atoms with van der Waals surface area (Å²) in [5, 5.41) is 0. The third kappa shape index (κ3) is 5.34. The van der Waals surface area contributed by atoms with Crippen molar-refractivity contribution in [1.29, 1.82) is 0 Å². The molecule has 0 fully saturated rings. The number of hydrogen-bond acceptors (Lipinski definition) is 0. The van der Waals surface area contributed by atoms with E-state index in [2.05, 4.69) is 45.0 Å². The third-order valence-electron chi connectivity index (χ3n) is 2.95. The monoisotopic (exact) mass is 218 g/mol. The first-order chi connectivity index (χ1) is 7.72. The number of benzene rings is 1. The Morgan fingerprint density at radius 1 is 1.00 bits per heavy atom. The molecule has 0 aliphatic heterocycles. The van der Waals surface area contributed by atoms with Crippen molar-refractivity contribution in [3.63, 3.8) is 0 Å². The summed E-state index contributed by atoms with van der Waals surface area (Å²) in [6, 6.07) is 9.14. The zero-order valence-corrected chi connectivity index (χ0v) is 11.1. The van der Waals surface area contributed by atoms with Crippen LogP contribution in [0, 0.1) is 5.92 Å². The molecule has 0 saturated heterocycles. The average molecular weight is 218 g/mol. The molecule has 0 unspecified atom stereocenters. The van der Waals surface area contributed by atoms with Crippen molar-refractivity contribution in [2.24, 2.45) is 5.92 Å². The fourth-order valence-corrected chi connectivity index (χ4v) is 2.14. The molecule has 1 rings (SSSR count). The van der Waals surface area contributed by atoms with Gasteiger partial charge >= 0.3 is 0 Å². The number of unbranched alkanes of at least 4 members (excludes halogenated alkanes) is 3. The quantitative estimate of drug-likeness (QED) is 0.564. The van der Waals surface area contributed by atoms with E-state index in [1.807, 2.05) is 0 Å². The van der Waals surface area contributed by atoms with Crippen LogP contribution >= 0.6 is 0 Å². The summed E-state index contributed by atoms with van der Waals surface area (Å²) in [6.07, 6.45) is 7.90. The molecule has 0 saturated carbocycles. The lowest BCUT2D eigenvalue weighted by molar-refractivity contribution is 0.644. The number of hydrogen-bond donors (Lipinski definition) is 0. The first-order valence-electron chi connectivity index (χ1n) is 6.80. The molecular formula is C16H26. The van der Waals surface area contributed by atoms with Gasteiger partial charge in [0.2, 0.25) is 0 Å². The standard InChI is InChI=1S/C16H26/c1-4-5-6-7-9-15-10-8-11-16(13-15)12-14(2)3/h8,10-11,13-14H,4-7,9,12H2,1-3H3. The van der Waals surface area contributed by atoms with Crippen molar-refractivity contribution in [3.8, 4) is 0 Å². The lowest BCUT2D eigenvalue weighted by Crippen LogP contribution is -1.95. The van der Waals surface area contributed by atoms with Crippen LogP contribution in [0.15, 0.2) is 24.3 Å². The van der Waals surface area contributed by atoms with Gasteiger partial charge in [-0.05, 0) is 36.3 Å². The molecule has 0 radical (unpaired) electrons.